The molecule has 0 saturated heterocycles. The molecule has 2 amide bonds. The molecular weight excluding hydrogens is 378 g/mol. The number of nitrogens with zero attached hydrogens (tertiary/aromatic N) is 2. The maximum atomic E-state index is 12.9. The van der Waals surface area contributed by atoms with Gasteiger partial charge in [-0.2, -0.15) is 0 Å². The molecule has 30 heavy (non-hydrogen) atoms. The lowest BCUT2D eigenvalue weighted by atomic mass is 9.90. The Labute approximate surface area is 177 Å². The number of rotatable bonds is 6. The highest BCUT2D eigenvalue weighted by atomic mass is 16.5. The van der Waals surface area contributed by atoms with Crippen molar-refractivity contribution < 1.29 is 14.3 Å². The molecule has 0 radical (unpaired) electrons. The predicted molar refractivity (Wildman–Crippen MR) is 117 cm³/mol. The van der Waals surface area contributed by atoms with Crippen LogP contribution in [-0.2, 0) is 11.2 Å². The first-order valence-corrected chi connectivity index (χ1v) is 11.0. The number of amides is 2. The second-order valence-corrected chi connectivity index (χ2v) is 8.11. The molecule has 2 aliphatic rings. The Hall–Kier alpha value is -2.89. The van der Waals surface area contributed by atoms with Gasteiger partial charge in [-0.05, 0) is 61.1 Å². The molecule has 1 saturated carbocycles. The second kappa shape index (κ2) is 9.28. The lowest BCUT2D eigenvalue weighted by Gasteiger charge is -2.22. The Morgan fingerprint density at radius 1 is 1.20 bits per heavy atom. The van der Waals surface area contributed by atoms with E-state index < -0.39 is 0 Å². The third-order valence-corrected chi connectivity index (χ3v) is 6.04. The Balaban J connectivity index is 1.44. The van der Waals surface area contributed by atoms with Crippen molar-refractivity contribution in [3.8, 4) is 5.75 Å². The molecule has 0 unspecified atom stereocenters. The molecule has 4 rings (SSSR count). The zero-order valence-electron chi connectivity index (χ0n) is 17.5. The highest BCUT2D eigenvalue weighted by Crippen LogP contribution is 2.30. The maximum Gasteiger partial charge on any atom is 0.256 e. The topological polar surface area (TPSA) is 71.5 Å². The quantitative estimate of drug-likeness (QED) is 0.760. The monoisotopic (exact) mass is 407 g/mol. The Bertz CT molecular complexity index is 922. The number of aromatic nitrogens is 1. The van der Waals surface area contributed by atoms with Gasteiger partial charge in [-0.15, -0.1) is 0 Å². The number of benzene rings is 1. The minimum absolute atomic E-state index is 0.110. The molecule has 1 aliphatic heterocycles. The molecular formula is C24H29N3O3. The normalized spacial score (nSPS) is 16.2. The molecule has 1 aromatic carbocycles. The summed E-state index contributed by atoms with van der Waals surface area (Å²) in [5.74, 6) is 1.52. The molecule has 6 heteroatoms. The summed E-state index contributed by atoms with van der Waals surface area (Å²) >= 11 is 0. The van der Waals surface area contributed by atoms with Gasteiger partial charge in [0.05, 0.1) is 6.61 Å². The Kier molecular flexibility index (Phi) is 6.31. The van der Waals surface area contributed by atoms with E-state index in [-0.39, 0.29) is 11.8 Å². The third-order valence-electron chi connectivity index (χ3n) is 6.04. The largest absolute Gasteiger partial charge is 0.489 e. The van der Waals surface area contributed by atoms with E-state index in [0.29, 0.717) is 42.6 Å². The van der Waals surface area contributed by atoms with E-state index in [9.17, 15) is 9.59 Å². The molecule has 1 N–H and O–H groups in total. The number of fused-ring (bicyclic) bond motifs is 1. The summed E-state index contributed by atoms with van der Waals surface area (Å²) in [6.45, 7) is 3.20. The Morgan fingerprint density at radius 3 is 2.83 bits per heavy atom. The van der Waals surface area contributed by atoms with Crippen LogP contribution in [0.5, 0.6) is 5.75 Å². The molecule has 6 nitrogen and oxygen atoms in total. The molecule has 2 heterocycles. The number of hydrogen-bond donors (Lipinski definition) is 1. The van der Waals surface area contributed by atoms with Gasteiger partial charge in [-0.3, -0.25) is 9.59 Å². The van der Waals surface area contributed by atoms with Crippen LogP contribution in [0, 0.1) is 5.92 Å². The second-order valence-electron chi connectivity index (χ2n) is 8.11. The molecule has 1 fully saturated rings. The van der Waals surface area contributed by atoms with Crippen molar-refractivity contribution >= 4 is 23.3 Å². The lowest BCUT2D eigenvalue weighted by molar-refractivity contribution is -0.118. The summed E-state index contributed by atoms with van der Waals surface area (Å²) in [4.78, 5) is 31.0. The highest BCUT2D eigenvalue weighted by molar-refractivity contribution is 6.05. The molecule has 0 atom stereocenters. The van der Waals surface area contributed by atoms with Crippen molar-refractivity contribution in [1.29, 1.82) is 0 Å². The van der Waals surface area contributed by atoms with E-state index >= 15 is 0 Å². The van der Waals surface area contributed by atoms with Gasteiger partial charge in [0.2, 0.25) is 5.91 Å². The van der Waals surface area contributed by atoms with Crippen molar-refractivity contribution in [2.45, 2.75) is 51.9 Å². The van der Waals surface area contributed by atoms with Gasteiger partial charge >= 0.3 is 0 Å². The van der Waals surface area contributed by atoms with Gasteiger partial charge in [0.1, 0.15) is 0 Å². The fourth-order valence-corrected chi connectivity index (χ4v) is 4.33. The lowest BCUT2D eigenvalue weighted by Crippen LogP contribution is -2.27. The standard InChI is InChI=1S/C24H29N3O3/c1-2-22(28)27-14-12-18-15-19(10-11-20(18)27)24(29)26-23-21(9-6-13-25-23)30-16-17-7-4-3-5-8-17/h6,9-11,13,15,17H,2-5,7-8,12,14,16H2,1H3,(H,25,26,29). The van der Waals surface area contributed by atoms with Crippen molar-refractivity contribution in [2.75, 3.05) is 23.4 Å². The zero-order chi connectivity index (χ0) is 20.9. The highest BCUT2D eigenvalue weighted by Gasteiger charge is 2.24. The van der Waals surface area contributed by atoms with Crippen LogP contribution in [0.4, 0.5) is 11.5 Å². The van der Waals surface area contributed by atoms with Crippen LogP contribution < -0.4 is 15.0 Å². The smallest absolute Gasteiger partial charge is 0.256 e. The summed E-state index contributed by atoms with van der Waals surface area (Å²) in [6, 6.07) is 9.17. The van der Waals surface area contributed by atoms with E-state index in [2.05, 4.69) is 10.3 Å². The van der Waals surface area contributed by atoms with Crippen molar-refractivity contribution in [1.82, 2.24) is 4.98 Å². The SMILES string of the molecule is CCC(=O)N1CCc2cc(C(=O)Nc3ncccc3OCC3CCCCC3)ccc21. The molecule has 2 aromatic rings. The summed E-state index contributed by atoms with van der Waals surface area (Å²) in [6.07, 6.45) is 9.15. The van der Waals surface area contributed by atoms with Gasteiger partial charge in [0.25, 0.3) is 5.91 Å². The van der Waals surface area contributed by atoms with Crippen LogP contribution in [0.15, 0.2) is 36.5 Å². The maximum absolute atomic E-state index is 12.9. The number of nitrogens with one attached hydrogen (secondary N) is 1. The number of pyridine rings is 1. The van der Waals surface area contributed by atoms with Crippen LogP contribution in [0.3, 0.4) is 0 Å². The number of anilines is 2. The van der Waals surface area contributed by atoms with Gasteiger partial charge < -0.3 is 15.0 Å². The summed E-state index contributed by atoms with van der Waals surface area (Å²) in [5, 5.41) is 2.90. The predicted octanol–water partition coefficient (Wildman–Crippen LogP) is 4.59. The van der Waals surface area contributed by atoms with Crippen molar-refractivity contribution in [3.05, 3.63) is 47.7 Å². The molecule has 158 valence electrons. The van der Waals surface area contributed by atoms with E-state index in [4.69, 9.17) is 4.74 Å². The van der Waals surface area contributed by atoms with Crippen molar-refractivity contribution in [2.24, 2.45) is 5.92 Å². The zero-order valence-corrected chi connectivity index (χ0v) is 17.5. The molecule has 0 spiro atoms. The molecule has 0 bridgehead atoms. The van der Waals surface area contributed by atoms with E-state index in [1.165, 1.54) is 32.1 Å². The fraction of sp³-hybridized carbons (Fsp3) is 0.458. The first-order chi connectivity index (χ1) is 14.7. The average Bonchev–Trinajstić information content (AvgIpc) is 3.22. The Morgan fingerprint density at radius 2 is 2.03 bits per heavy atom. The number of hydrogen-bond acceptors (Lipinski definition) is 4. The van der Waals surface area contributed by atoms with E-state index in [1.54, 1.807) is 17.2 Å². The van der Waals surface area contributed by atoms with E-state index in [0.717, 1.165) is 17.7 Å². The van der Waals surface area contributed by atoms with Crippen LogP contribution in [-0.4, -0.2) is 29.9 Å². The number of carbonyl (C=O) groups excluding carboxylic acids is 2. The minimum atomic E-state index is -0.223. The van der Waals surface area contributed by atoms with E-state index in [1.807, 2.05) is 31.2 Å². The van der Waals surface area contributed by atoms with Crippen LogP contribution in [0.25, 0.3) is 0 Å². The van der Waals surface area contributed by atoms with Crippen LogP contribution >= 0.6 is 0 Å². The summed E-state index contributed by atoms with van der Waals surface area (Å²) < 4.78 is 6.02. The van der Waals surface area contributed by atoms with Gasteiger partial charge in [0.15, 0.2) is 11.6 Å². The number of ether oxygens (including phenoxy) is 1. The summed E-state index contributed by atoms with van der Waals surface area (Å²) in [7, 11) is 0. The molecule has 1 aliphatic carbocycles. The van der Waals surface area contributed by atoms with Crippen LogP contribution in [0.1, 0.15) is 61.4 Å². The molecule has 1 aromatic heterocycles. The number of carbonyl (C=O) groups is 2. The fourth-order valence-electron chi connectivity index (χ4n) is 4.33. The minimum Gasteiger partial charge on any atom is -0.489 e. The first kappa shape index (κ1) is 20.4. The van der Waals surface area contributed by atoms with Gasteiger partial charge in [0, 0.05) is 30.4 Å². The average molecular weight is 408 g/mol. The van der Waals surface area contributed by atoms with Gasteiger partial charge in [-0.25, -0.2) is 4.98 Å². The first-order valence-electron chi connectivity index (χ1n) is 11.0. The van der Waals surface area contributed by atoms with Crippen molar-refractivity contribution in [3.63, 3.8) is 0 Å². The summed E-state index contributed by atoms with van der Waals surface area (Å²) in [5.41, 5.74) is 2.50. The van der Waals surface area contributed by atoms with Crippen LogP contribution in [0.2, 0.25) is 0 Å². The van der Waals surface area contributed by atoms with Gasteiger partial charge in [-0.1, -0.05) is 26.2 Å². The third kappa shape index (κ3) is 4.48.